The van der Waals surface area contributed by atoms with E-state index in [0.717, 1.165) is 0 Å². The number of hydrazone groups is 1. The highest BCUT2D eigenvalue weighted by molar-refractivity contribution is 6.36. The van der Waals surface area contributed by atoms with Gasteiger partial charge in [0.25, 0.3) is 11.8 Å². The minimum atomic E-state index is -0.541. The number of nitrogens with one attached hydrogen (secondary N) is 1. The fourth-order valence-corrected chi connectivity index (χ4v) is 3.06. The lowest BCUT2D eigenvalue weighted by Crippen LogP contribution is -2.31. The van der Waals surface area contributed by atoms with Crippen LogP contribution in [0.5, 0.6) is 5.75 Å². The zero-order valence-electron chi connectivity index (χ0n) is 16.9. The van der Waals surface area contributed by atoms with E-state index in [1.54, 1.807) is 62.6 Å². The van der Waals surface area contributed by atoms with Gasteiger partial charge in [0.05, 0.1) is 30.5 Å². The Morgan fingerprint density at radius 3 is 2.23 bits per heavy atom. The molecule has 2 aromatic rings. The Bertz CT molecular complexity index is 934. The average molecular weight is 409 g/mol. The molecule has 0 bridgehead atoms. The number of ether oxygens (including phenoxy) is 2. The smallest absolute Gasteiger partial charge is 0.354 e. The molecule has 2 aromatic carbocycles. The SMILES string of the molecule is CCOC(=O)/C(CCCN1C(=O)c2ccccc2C1=O)=N\Nc1ccc(OC)cc1. The van der Waals surface area contributed by atoms with Crippen molar-refractivity contribution in [3.63, 3.8) is 0 Å². The van der Waals surface area contributed by atoms with Crippen LogP contribution in [0.3, 0.4) is 0 Å². The summed E-state index contributed by atoms with van der Waals surface area (Å²) in [6.45, 7) is 2.12. The van der Waals surface area contributed by atoms with E-state index >= 15 is 0 Å². The van der Waals surface area contributed by atoms with Crippen molar-refractivity contribution >= 4 is 29.2 Å². The average Bonchev–Trinajstić information content (AvgIpc) is 3.01. The summed E-state index contributed by atoms with van der Waals surface area (Å²) in [5.41, 5.74) is 4.50. The van der Waals surface area contributed by atoms with Gasteiger partial charge in [0.15, 0.2) is 0 Å². The first-order valence-electron chi connectivity index (χ1n) is 9.64. The second-order valence-electron chi connectivity index (χ2n) is 6.53. The molecule has 1 aliphatic rings. The molecular weight excluding hydrogens is 386 g/mol. The van der Waals surface area contributed by atoms with Gasteiger partial charge >= 0.3 is 5.97 Å². The fourth-order valence-electron chi connectivity index (χ4n) is 3.06. The van der Waals surface area contributed by atoms with Gasteiger partial charge in [-0.3, -0.25) is 19.9 Å². The first-order chi connectivity index (χ1) is 14.5. The normalized spacial score (nSPS) is 13.3. The van der Waals surface area contributed by atoms with Crippen LogP contribution >= 0.6 is 0 Å². The minimum Gasteiger partial charge on any atom is -0.497 e. The Morgan fingerprint density at radius 1 is 1.03 bits per heavy atom. The molecule has 0 saturated carbocycles. The van der Waals surface area contributed by atoms with Crippen LogP contribution in [-0.4, -0.2) is 48.7 Å². The Labute approximate surface area is 174 Å². The van der Waals surface area contributed by atoms with E-state index in [1.165, 1.54) is 4.90 Å². The Balaban J connectivity index is 1.63. The van der Waals surface area contributed by atoms with Gasteiger partial charge in [-0.25, -0.2) is 4.79 Å². The summed E-state index contributed by atoms with van der Waals surface area (Å²) in [4.78, 5) is 38.3. The molecule has 0 unspecified atom stereocenters. The van der Waals surface area contributed by atoms with Crippen molar-refractivity contribution < 1.29 is 23.9 Å². The van der Waals surface area contributed by atoms with E-state index < -0.39 is 5.97 Å². The number of amides is 2. The number of methoxy groups -OCH3 is 1. The van der Waals surface area contributed by atoms with Crippen LogP contribution in [0.25, 0.3) is 0 Å². The second-order valence-corrected chi connectivity index (χ2v) is 6.53. The number of fused-ring (bicyclic) bond motifs is 1. The molecule has 156 valence electrons. The Morgan fingerprint density at radius 2 is 1.67 bits per heavy atom. The highest BCUT2D eigenvalue weighted by Crippen LogP contribution is 2.22. The molecule has 8 nitrogen and oxygen atoms in total. The number of hydrogen-bond acceptors (Lipinski definition) is 7. The maximum absolute atomic E-state index is 12.4. The summed E-state index contributed by atoms with van der Waals surface area (Å²) >= 11 is 0. The molecule has 0 aromatic heterocycles. The highest BCUT2D eigenvalue weighted by atomic mass is 16.5. The second kappa shape index (κ2) is 9.69. The molecular formula is C22H23N3O5. The third-order valence-corrected chi connectivity index (χ3v) is 4.59. The fraction of sp³-hybridized carbons (Fsp3) is 0.273. The van der Waals surface area contributed by atoms with Crippen LogP contribution in [-0.2, 0) is 9.53 Å². The first kappa shape index (κ1) is 21.0. The van der Waals surface area contributed by atoms with Crippen molar-refractivity contribution in [1.82, 2.24) is 4.90 Å². The van der Waals surface area contributed by atoms with Gasteiger partial charge in [0.2, 0.25) is 0 Å². The van der Waals surface area contributed by atoms with Gasteiger partial charge in [0.1, 0.15) is 11.5 Å². The quantitative estimate of drug-likeness (QED) is 0.296. The van der Waals surface area contributed by atoms with Crippen LogP contribution in [0.1, 0.15) is 40.5 Å². The van der Waals surface area contributed by atoms with Crippen LogP contribution in [0.15, 0.2) is 53.6 Å². The van der Waals surface area contributed by atoms with Gasteiger partial charge < -0.3 is 9.47 Å². The van der Waals surface area contributed by atoms with Crippen molar-refractivity contribution in [2.45, 2.75) is 19.8 Å². The highest BCUT2D eigenvalue weighted by Gasteiger charge is 2.34. The standard InChI is InChI=1S/C22H23N3O5/c1-3-30-22(28)19(24-23-15-10-12-16(29-2)13-11-15)9-6-14-25-20(26)17-7-4-5-8-18(17)21(25)27/h4-5,7-8,10-13,23H,3,6,9,14H2,1-2H3/b24-19-. The number of carbonyl (C=O) groups is 3. The molecule has 1 N–H and O–H groups in total. The van der Waals surface area contributed by atoms with Crippen LogP contribution in [0, 0.1) is 0 Å². The van der Waals surface area contributed by atoms with Crippen molar-refractivity contribution in [2.75, 3.05) is 25.7 Å². The zero-order chi connectivity index (χ0) is 21.5. The van der Waals surface area contributed by atoms with Gasteiger partial charge in [0, 0.05) is 13.0 Å². The predicted molar refractivity (Wildman–Crippen MR) is 112 cm³/mol. The van der Waals surface area contributed by atoms with Gasteiger partial charge in [-0.05, 0) is 49.7 Å². The Hall–Kier alpha value is -3.68. The molecule has 8 heteroatoms. The summed E-state index contributed by atoms with van der Waals surface area (Å²) in [5.74, 6) is -0.472. The number of rotatable bonds is 9. The zero-order valence-corrected chi connectivity index (χ0v) is 16.9. The number of esters is 1. The van der Waals surface area contributed by atoms with E-state index in [9.17, 15) is 14.4 Å². The lowest BCUT2D eigenvalue weighted by atomic mass is 10.1. The molecule has 0 spiro atoms. The molecule has 2 amide bonds. The van der Waals surface area contributed by atoms with E-state index in [4.69, 9.17) is 9.47 Å². The van der Waals surface area contributed by atoms with Crippen molar-refractivity contribution in [3.8, 4) is 5.75 Å². The van der Waals surface area contributed by atoms with Crippen molar-refractivity contribution in [3.05, 3.63) is 59.7 Å². The largest absolute Gasteiger partial charge is 0.497 e. The summed E-state index contributed by atoms with van der Waals surface area (Å²) < 4.78 is 10.2. The van der Waals surface area contributed by atoms with E-state index in [0.29, 0.717) is 29.0 Å². The number of benzene rings is 2. The number of nitrogens with zero attached hydrogens (tertiary/aromatic N) is 2. The van der Waals surface area contributed by atoms with Crippen LogP contribution in [0.2, 0.25) is 0 Å². The van der Waals surface area contributed by atoms with Gasteiger partial charge in [-0.1, -0.05) is 12.1 Å². The van der Waals surface area contributed by atoms with E-state index in [2.05, 4.69) is 10.5 Å². The molecule has 0 radical (unpaired) electrons. The molecule has 3 rings (SSSR count). The number of imide groups is 1. The molecule has 0 atom stereocenters. The van der Waals surface area contributed by atoms with E-state index in [-0.39, 0.29) is 37.1 Å². The molecule has 1 aliphatic heterocycles. The topological polar surface area (TPSA) is 97.3 Å². The number of anilines is 1. The molecule has 30 heavy (non-hydrogen) atoms. The maximum atomic E-state index is 12.4. The maximum Gasteiger partial charge on any atom is 0.354 e. The van der Waals surface area contributed by atoms with Gasteiger partial charge in [-0.15, -0.1) is 0 Å². The summed E-state index contributed by atoms with van der Waals surface area (Å²) in [5, 5.41) is 4.17. The predicted octanol–water partition coefficient (Wildman–Crippen LogP) is 3.10. The molecule has 0 fully saturated rings. The van der Waals surface area contributed by atoms with Gasteiger partial charge in [-0.2, -0.15) is 5.10 Å². The van der Waals surface area contributed by atoms with Crippen molar-refractivity contribution in [2.24, 2.45) is 5.10 Å². The lowest BCUT2D eigenvalue weighted by Gasteiger charge is -2.14. The Kier molecular flexibility index (Phi) is 6.79. The third-order valence-electron chi connectivity index (χ3n) is 4.59. The van der Waals surface area contributed by atoms with E-state index in [1.807, 2.05) is 0 Å². The third kappa shape index (κ3) is 4.65. The van der Waals surface area contributed by atoms with Crippen LogP contribution in [0.4, 0.5) is 5.69 Å². The summed E-state index contributed by atoms with van der Waals surface area (Å²) in [6.07, 6.45) is 0.628. The van der Waals surface area contributed by atoms with Crippen LogP contribution < -0.4 is 10.2 Å². The summed E-state index contributed by atoms with van der Waals surface area (Å²) in [7, 11) is 1.58. The monoisotopic (exact) mass is 409 g/mol. The minimum absolute atomic E-state index is 0.185. The molecule has 1 heterocycles. The lowest BCUT2D eigenvalue weighted by molar-refractivity contribution is -0.135. The number of carbonyl (C=O) groups excluding carboxylic acids is 3. The molecule has 0 saturated heterocycles. The first-order valence-corrected chi connectivity index (χ1v) is 9.64. The number of hydrogen-bond donors (Lipinski definition) is 1. The molecule has 0 aliphatic carbocycles. The summed E-state index contributed by atoms with van der Waals surface area (Å²) in [6, 6.07) is 13.8. The van der Waals surface area contributed by atoms with Crippen molar-refractivity contribution in [1.29, 1.82) is 0 Å².